The maximum absolute atomic E-state index is 12.4. The van der Waals surface area contributed by atoms with Gasteiger partial charge in [0.05, 0.1) is 18.1 Å². The van der Waals surface area contributed by atoms with Gasteiger partial charge in [-0.1, -0.05) is 13.8 Å². The van der Waals surface area contributed by atoms with E-state index >= 15 is 0 Å². The zero-order chi connectivity index (χ0) is 17.8. The van der Waals surface area contributed by atoms with E-state index in [1.807, 2.05) is 0 Å². The smallest absolute Gasteiger partial charge is 0.324 e. The zero-order valence-electron chi connectivity index (χ0n) is 14.5. The first-order chi connectivity index (χ1) is 12.1. The van der Waals surface area contributed by atoms with Gasteiger partial charge in [-0.15, -0.1) is 0 Å². The summed E-state index contributed by atoms with van der Waals surface area (Å²) in [6.07, 6.45) is 7.21. The molecule has 0 aliphatic carbocycles. The second-order valence-corrected chi connectivity index (χ2v) is 6.36. The molecule has 0 radical (unpaired) electrons. The molecule has 2 aromatic rings. The van der Waals surface area contributed by atoms with Crippen molar-refractivity contribution in [3.63, 3.8) is 0 Å². The van der Waals surface area contributed by atoms with Crippen molar-refractivity contribution in [2.45, 2.75) is 45.1 Å². The quantitative estimate of drug-likeness (QED) is 0.877. The molecule has 25 heavy (non-hydrogen) atoms. The van der Waals surface area contributed by atoms with Crippen LogP contribution < -0.4 is 11.0 Å². The third kappa shape index (κ3) is 3.86. The predicted octanol–water partition coefficient (Wildman–Crippen LogP) is 1.74. The summed E-state index contributed by atoms with van der Waals surface area (Å²) in [5.41, 5.74) is 0.381. The van der Waals surface area contributed by atoms with Gasteiger partial charge in [0, 0.05) is 25.0 Å². The Bertz CT molecular complexity index is 759. The van der Waals surface area contributed by atoms with Gasteiger partial charge in [0.1, 0.15) is 12.2 Å². The number of likely N-dealkylation sites (tertiary alicyclic amines) is 1. The van der Waals surface area contributed by atoms with Crippen LogP contribution in [0.15, 0.2) is 23.5 Å². The average Bonchev–Trinajstić information content (AvgIpc) is 3.07. The number of nitrogens with one attached hydrogen (secondary N) is 2. The number of nitrogens with zero attached hydrogens (tertiary/aromatic N) is 5. The highest BCUT2D eigenvalue weighted by Gasteiger charge is 2.25. The standard InChI is InChI=1S/C16H23N7O2/c1-3-11(2)14-17-8-12(9-18-14)20-15(24)22-6-4-13(5-7-22)23-10-19-21-16(23)25/h8-11,13H,3-7H2,1-2H3,(H,20,24)(H,21,25)/t11-/m0/s1. The van der Waals surface area contributed by atoms with Crippen LogP contribution in [0.5, 0.6) is 0 Å². The fraction of sp³-hybridized carbons (Fsp3) is 0.562. The summed E-state index contributed by atoms with van der Waals surface area (Å²) in [6, 6.07) is -0.0914. The molecule has 9 nitrogen and oxygen atoms in total. The Morgan fingerprint density at radius 2 is 2.04 bits per heavy atom. The number of hydrogen-bond acceptors (Lipinski definition) is 5. The molecule has 1 aliphatic rings. The Labute approximate surface area is 145 Å². The Morgan fingerprint density at radius 1 is 1.36 bits per heavy atom. The molecule has 134 valence electrons. The van der Waals surface area contributed by atoms with Crippen molar-refractivity contribution in [2.24, 2.45) is 0 Å². The van der Waals surface area contributed by atoms with Crippen molar-refractivity contribution in [1.82, 2.24) is 29.6 Å². The van der Waals surface area contributed by atoms with Gasteiger partial charge in [-0.2, -0.15) is 5.10 Å². The van der Waals surface area contributed by atoms with Gasteiger partial charge in [-0.3, -0.25) is 4.57 Å². The highest BCUT2D eigenvalue weighted by Crippen LogP contribution is 2.21. The van der Waals surface area contributed by atoms with E-state index < -0.39 is 0 Å². The van der Waals surface area contributed by atoms with E-state index in [0.717, 1.165) is 25.1 Å². The number of rotatable bonds is 4. The lowest BCUT2D eigenvalue weighted by Gasteiger charge is -2.31. The van der Waals surface area contributed by atoms with Crippen LogP contribution in [-0.2, 0) is 0 Å². The maximum atomic E-state index is 12.4. The van der Waals surface area contributed by atoms with Crippen LogP contribution in [0.1, 0.15) is 50.9 Å². The van der Waals surface area contributed by atoms with Crippen LogP contribution >= 0.6 is 0 Å². The van der Waals surface area contributed by atoms with Crippen molar-refractivity contribution >= 4 is 11.7 Å². The third-order valence-corrected chi connectivity index (χ3v) is 4.70. The van der Waals surface area contributed by atoms with E-state index in [1.54, 1.807) is 21.9 Å². The van der Waals surface area contributed by atoms with E-state index in [9.17, 15) is 9.59 Å². The Morgan fingerprint density at radius 3 is 2.60 bits per heavy atom. The molecule has 1 saturated heterocycles. The lowest BCUT2D eigenvalue weighted by molar-refractivity contribution is 0.183. The number of urea groups is 1. The number of piperidine rings is 1. The first-order valence-corrected chi connectivity index (χ1v) is 8.57. The summed E-state index contributed by atoms with van der Waals surface area (Å²) in [5, 5.41) is 8.98. The minimum Gasteiger partial charge on any atom is -0.324 e. The molecule has 1 atom stereocenters. The molecule has 0 bridgehead atoms. The third-order valence-electron chi connectivity index (χ3n) is 4.70. The lowest BCUT2D eigenvalue weighted by atomic mass is 10.1. The summed E-state index contributed by atoms with van der Waals surface area (Å²) in [5.74, 6) is 1.09. The molecular weight excluding hydrogens is 322 g/mol. The van der Waals surface area contributed by atoms with Crippen LogP contribution in [0.3, 0.4) is 0 Å². The molecule has 3 rings (SSSR count). The van der Waals surface area contributed by atoms with Crippen molar-refractivity contribution in [3.05, 3.63) is 35.0 Å². The minimum atomic E-state index is -0.207. The monoisotopic (exact) mass is 345 g/mol. The molecule has 2 amide bonds. The van der Waals surface area contributed by atoms with E-state index in [2.05, 4.69) is 39.3 Å². The molecule has 0 spiro atoms. The van der Waals surface area contributed by atoms with Crippen molar-refractivity contribution < 1.29 is 4.79 Å². The topological polar surface area (TPSA) is 109 Å². The fourth-order valence-electron chi connectivity index (χ4n) is 2.91. The maximum Gasteiger partial charge on any atom is 0.343 e. The highest BCUT2D eigenvalue weighted by atomic mass is 16.2. The van der Waals surface area contributed by atoms with Crippen molar-refractivity contribution in [1.29, 1.82) is 0 Å². The summed E-state index contributed by atoms with van der Waals surface area (Å²) < 4.78 is 1.59. The molecular formula is C16H23N7O2. The second kappa shape index (κ2) is 7.45. The zero-order valence-corrected chi connectivity index (χ0v) is 14.5. The van der Waals surface area contributed by atoms with Gasteiger partial charge < -0.3 is 10.2 Å². The predicted molar refractivity (Wildman–Crippen MR) is 92.4 cm³/mol. The van der Waals surface area contributed by atoms with Gasteiger partial charge in [0.25, 0.3) is 0 Å². The number of aromatic amines is 1. The Balaban J connectivity index is 1.54. The number of carbonyl (C=O) groups excluding carboxylic acids is 1. The largest absolute Gasteiger partial charge is 0.343 e. The SMILES string of the molecule is CC[C@H](C)c1ncc(NC(=O)N2CCC(n3cn[nH]c3=O)CC2)cn1. The molecule has 9 heteroatoms. The first-order valence-electron chi connectivity index (χ1n) is 8.57. The molecule has 2 N–H and O–H groups in total. The van der Waals surface area contributed by atoms with E-state index in [4.69, 9.17) is 0 Å². The normalized spacial score (nSPS) is 16.6. The molecule has 0 aromatic carbocycles. The lowest BCUT2D eigenvalue weighted by Crippen LogP contribution is -2.42. The number of amides is 2. The van der Waals surface area contributed by atoms with Gasteiger partial charge in [0.15, 0.2) is 0 Å². The summed E-state index contributed by atoms with van der Waals surface area (Å²) in [4.78, 5) is 34.3. The van der Waals surface area contributed by atoms with Crippen LogP contribution in [0.4, 0.5) is 10.5 Å². The summed E-state index contributed by atoms with van der Waals surface area (Å²) >= 11 is 0. The molecule has 1 aliphatic heterocycles. The fourth-order valence-corrected chi connectivity index (χ4v) is 2.91. The first kappa shape index (κ1) is 17.1. The number of hydrogen-bond donors (Lipinski definition) is 2. The van der Waals surface area contributed by atoms with Crippen molar-refractivity contribution in [2.75, 3.05) is 18.4 Å². The number of anilines is 1. The van der Waals surface area contributed by atoms with E-state index in [-0.39, 0.29) is 17.8 Å². The Hall–Kier alpha value is -2.71. The average molecular weight is 345 g/mol. The molecule has 0 saturated carbocycles. The molecule has 3 heterocycles. The van der Waals surface area contributed by atoms with Gasteiger partial charge >= 0.3 is 11.7 Å². The minimum absolute atomic E-state index is 0.0773. The second-order valence-electron chi connectivity index (χ2n) is 6.36. The van der Waals surface area contributed by atoms with E-state index in [1.165, 1.54) is 6.33 Å². The number of carbonyl (C=O) groups is 1. The van der Waals surface area contributed by atoms with Crippen LogP contribution in [0.25, 0.3) is 0 Å². The van der Waals surface area contributed by atoms with Gasteiger partial charge in [0.2, 0.25) is 0 Å². The molecule has 1 fully saturated rings. The summed E-state index contributed by atoms with van der Waals surface area (Å²) in [6.45, 7) is 5.33. The summed E-state index contributed by atoms with van der Waals surface area (Å²) in [7, 11) is 0. The molecule has 0 unspecified atom stereocenters. The highest BCUT2D eigenvalue weighted by molar-refractivity contribution is 5.89. The van der Waals surface area contributed by atoms with Gasteiger partial charge in [-0.25, -0.2) is 24.7 Å². The van der Waals surface area contributed by atoms with E-state index in [0.29, 0.717) is 24.7 Å². The number of aromatic nitrogens is 5. The van der Waals surface area contributed by atoms with Crippen molar-refractivity contribution in [3.8, 4) is 0 Å². The van der Waals surface area contributed by atoms with Crippen LogP contribution in [0, 0.1) is 0 Å². The van der Waals surface area contributed by atoms with Crippen LogP contribution in [0.2, 0.25) is 0 Å². The van der Waals surface area contributed by atoms with Gasteiger partial charge in [-0.05, 0) is 19.3 Å². The van der Waals surface area contributed by atoms with Crippen LogP contribution in [-0.4, -0.2) is 48.8 Å². The molecule has 2 aromatic heterocycles. The Kier molecular flexibility index (Phi) is 5.11. The number of H-pyrrole nitrogens is 1.